The number of thioether (sulfide) groups is 1. The van der Waals surface area contributed by atoms with Crippen LogP contribution in [0.4, 0.5) is 5.69 Å². The molecule has 0 bridgehead atoms. The summed E-state index contributed by atoms with van der Waals surface area (Å²) in [7, 11) is 0. The largest absolute Gasteiger partial charge is 0.319 e. The van der Waals surface area contributed by atoms with E-state index in [0.717, 1.165) is 11.7 Å². The van der Waals surface area contributed by atoms with Gasteiger partial charge in [0.15, 0.2) is 5.17 Å². The molecule has 0 unspecified atom stereocenters. The lowest BCUT2D eigenvalue weighted by Gasteiger charge is -2.33. The predicted octanol–water partition coefficient (Wildman–Crippen LogP) is 4.35. The smallest absolute Gasteiger partial charge is 0.169 e. The van der Waals surface area contributed by atoms with Crippen molar-refractivity contribution in [1.29, 1.82) is 0 Å². The van der Waals surface area contributed by atoms with Crippen molar-refractivity contribution in [2.24, 2.45) is 10.9 Å². The van der Waals surface area contributed by atoms with E-state index in [9.17, 15) is 0 Å². The van der Waals surface area contributed by atoms with Gasteiger partial charge in [0, 0.05) is 17.4 Å². The fraction of sp³-hybridized carbons (Fsp3) is 0.235. The minimum absolute atomic E-state index is 0.282. The van der Waals surface area contributed by atoms with Crippen molar-refractivity contribution >= 4 is 22.6 Å². The van der Waals surface area contributed by atoms with Crippen molar-refractivity contribution in [3.8, 4) is 0 Å². The fourth-order valence-corrected chi connectivity index (χ4v) is 4.06. The Morgan fingerprint density at radius 1 is 1.05 bits per heavy atom. The van der Waals surface area contributed by atoms with Gasteiger partial charge in [-0.2, -0.15) is 0 Å². The molecule has 0 amide bonds. The highest BCUT2D eigenvalue weighted by Gasteiger charge is 2.34. The third kappa shape index (κ3) is 1.85. The van der Waals surface area contributed by atoms with Crippen LogP contribution in [-0.4, -0.2) is 11.7 Å². The van der Waals surface area contributed by atoms with E-state index >= 15 is 0 Å². The van der Waals surface area contributed by atoms with Gasteiger partial charge in [0.1, 0.15) is 0 Å². The summed E-state index contributed by atoms with van der Waals surface area (Å²) in [6.07, 6.45) is 0. The lowest BCUT2D eigenvalue weighted by atomic mass is 9.93. The summed E-state index contributed by atoms with van der Waals surface area (Å²) < 4.78 is 0. The summed E-state index contributed by atoms with van der Waals surface area (Å²) in [5.41, 5.74) is 2.64. The number of fused-ring (bicyclic) bond motifs is 3. The normalized spacial score (nSPS) is 24.1. The summed E-state index contributed by atoms with van der Waals surface area (Å²) in [5.74, 6) is 0.521. The molecule has 0 aliphatic carbocycles. The molecule has 0 spiro atoms. The van der Waals surface area contributed by atoms with Crippen LogP contribution < -0.4 is 4.90 Å². The van der Waals surface area contributed by atoms with Gasteiger partial charge in [-0.3, -0.25) is 4.99 Å². The molecule has 100 valence electrons. The molecule has 2 nitrogen and oxygen atoms in total. The maximum Gasteiger partial charge on any atom is 0.169 e. The zero-order valence-corrected chi connectivity index (χ0v) is 12.2. The number of hydrogen-bond donors (Lipinski definition) is 0. The Bertz CT molecular complexity index is 666. The Labute approximate surface area is 123 Å². The van der Waals surface area contributed by atoms with Crippen LogP contribution in [0.1, 0.15) is 18.5 Å². The minimum Gasteiger partial charge on any atom is -0.319 e. The highest BCUT2D eigenvalue weighted by atomic mass is 32.2. The van der Waals surface area contributed by atoms with E-state index in [1.165, 1.54) is 16.1 Å². The molecule has 20 heavy (non-hydrogen) atoms. The van der Waals surface area contributed by atoms with E-state index in [1.54, 1.807) is 11.8 Å². The van der Waals surface area contributed by atoms with Gasteiger partial charge in [-0.1, -0.05) is 49.4 Å². The fourth-order valence-electron chi connectivity index (χ4n) is 2.98. The molecule has 0 saturated carbocycles. The second-order valence-electron chi connectivity index (χ2n) is 5.42. The number of benzene rings is 2. The Balaban J connectivity index is 1.74. The first-order valence-electron chi connectivity index (χ1n) is 7.00. The summed E-state index contributed by atoms with van der Waals surface area (Å²) in [6, 6.07) is 19.5. The third-order valence-corrected chi connectivity index (χ3v) is 5.06. The molecule has 0 saturated heterocycles. The van der Waals surface area contributed by atoms with Gasteiger partial charge in [0.25, 0.3) is 0 Å². The number of amidine groups is 1. The number of anilines is 1. The first kappa shape index (κ1) is 12.0. The first-order chi connectivity index (χ1) is 9.83. The Hall–Kier alpha value is -1.74. The minimum atomic E-state index is 0.282. The van der Waals surface area contributed by atoms with Gasteiger partial charge in [0.05, 0.1) is 11.7 Å². The van der Waals surface area contributed by atoms with Crippen LogP contribution in [-0.2, 0) is 0 Å². The van der Waals surface area contributed by atoms with E-state index in [4.69, 9.17) is 4.99 Å². The third-order valence-electron chi connectivity index (χ3n) is 3.99. The zero-order valence-electron chi connectivity index (χ0n) is 11.4. The van der Waals surface area contributed by atoms with Crippen molar-refractivity contribution in [3.63, 3.8) is 0 Å². The van der Waals surface area contributed by atoms with Gasteiger partial charge in [-0.05, 0) is 29.5 Å². The SMILES string of the molecule is C[C@@H]1CN2C(=N[C@@H]1c1ccccc1)Sc1ccccc12. The van der Waals surface area contributed by atoms with Gasteiger partial charge in [-0.25, -0.2) is 0 Å². The van der Waals surface area contributed by atoms with E-state index in [1.807, 2.05) is 0 Å². The summed E-state index contributed by atoms with van der Waals surface area (Å²) in [5, 5.41) is 1.15. The quantitative estimate of drug-likeness (QED) is 0.772. The molecule has 0 radical (unpaired) electrons. The molecule has 4 rings (SSSR count). The first-order valence-corrected chi connectivity index (χ1v) is 7.82. The highest BCUT2D eigenvalue weighted by Crippen LogP contribution is 2.45. The van der Waals surface area contributed by atoms with Gasteiger partial charge < -0.3 is 4.90 Å². The van der Waals surface area contributed by atoms with Crippen LogP contribution in [0, 0.1) is 5.92 Å². The summed E-state index contributed by atoms with van der Waals surface area (Å²) in [4.78, 5) is 8.71. The lowest BCUT2D eigenvalue weighted by molar-refractivity contribution is 0.466. The number of aliphatic imine (C=N–C) groups is 1. The molecule has 2 aromatic carbocycles. The molecular weight excluding hydrogens is 264 g/mol. The average Bonchev–Trinajstić information content (AvgIpc) is 2.85. The van der Waals surface area contributed by atoms with Crippen molar-refractivity contribution in [2.45, 2.75) is 17.9 Å². The van der Waals surface area contributed by atoms with Crippen LogP contribution >= 0.6 is 11.8 Å². The lowest BCUT2D eigenvalue weighted by Crippen LogP contribution is -2.37. The van der Waals surface area contributed by atoms with Crippen LogP contribution in [0.25, 0.3) is 0 Å². The molecule has 2 aliphatic rings. The summed E-state index contributed by atoms with van der Waals surface area (Å²) in [6.45, 7) is 3.34. The molecular formula is C17H16N2S. The Kier molecular flexibility index (Phi) is 2.81. The number of para-hydroxylation sites is 1. The average molecular weight is 280 g/mol. The van der Waals surface area contributed by atoms with E-state index in [0.29, 0.717) is 5.92 Å². The Morgan fingerprint density at radius 2 is 1.80 bits per heavy atom. The maximum atomic E-state index is 5.02. The van der Waals surface area contributed by atoms with E-state index < -0.39 is 0 Å². The topological polar surface area (TPSA) is 15.6 Å². The molecule has 2 heterocycles. The second-order valence-corrected chi connectivity index (χ2v) is 6.43. The summed E-state index contributed by atoms with van der Waals surface area (Å²) >= 11 is 1.80. The molecule has 0 fully saturated rings. The van der Waals surface area contributed by atoms with Crippen molar-refractivity contribution in [2.75, 3.05) is 11.4 Å². The second kappa shape index (κ2) is 4.67. The molecule has 0 N–H and O–H groups in total. The highest BCUT2D eigenvalue weighted by molar-refractivity contribution is 8.14. The van der Waals surface area contributed by atoms with Gasteiger partial charge in [-0.15, -0.1) is 0 Å². The van der Waals surface area contributed by atoms with Gasteiger partial charge in [0.2, 0.25) is 0 Å². The van der Waals surface area contributed by atoms with Crippen molar-refractivity contribution in [3.05, 3.63) is 60.2 Å². The molecule has 3 heteroatoms. The van der Waals surface area contributed by atoms with Crippen LogP contribution in [0.2, 0.25) is 0 Å². The van der Waals surface area contributed by atoms with Crippen molar-refractivity contribution in [1.82, 2.24) is 0 Å². The number of nitrogens with zero attached hydrogens (tertiary/aromatic N) is 2. The van der Waals surface area contributed by atoms with Crippen LogP contribution in [0.3, 0.4) is 0 Å². The van der Waals surface area contributed by atoms with Crippen LogP contribution in [0.15, 0.2) is 64.5 Å². The van der Waals surface area contributed by atoms with Crippen LogP contribution in [0.5, 0.6) is 0 Å². The number of hydrogen-bond acceptors (Lipinski definition) is 3. The van der Waals surface area contributed by atoms with E-state index in [-0.39, 0.29) is 6.04 Å². The van der Waals surface area contributed by atoms with Gasteiger partial charge >= 0.3 is 0 Å². The molecule has 0 aromatic heterocycles. The zero-order chi connectivity index (χ0) is 13.5. The Morgan fingerprint density at radius 3 is 2.65 bits per heavy atom. The monoisotopic (exact) mass is 280 g/mol. The van der Waals surface area contributed by atoms with E-state index in [2.05, 4.69) is 66.4 Å². The molecule has 2 aromatic rings. The number of rotatable bonds is 1. The standard InChI is InChI=1S/C17H16N2S/c1-12-11-19-14-9-5-6-10-15(14)20-17(19)18-16(12)13-7-3-2-4-8-13/h2-10,12,16H,11H2,1H3/t12-,16+/m1/s1. The molecule has 2 atom stereocenters. The molecule has 2 aliphatic heterocycles. The van der Waals surface area contributed by atoms with Crippen molar-refractivity contribution < 1.29 is 0 Å². The predicted molar refractivity (Wildman–Crippen MR) is 85.4 cm³/mol. The maximum absolute atomic E-state index is 5.02.